The molecule has 0 aliphatic rings. The van der Waals surface area contributed by atoms with Crippen molar-refractivity contribution in [2.45, 2.75) is 46.3 Å². The number of nitrogens with zero attached hydrogens (tertiary/aromatic N) is 2. The van der Waals surface area contributed by atoms with Gasteiger partial charge in [0.05, 0.1) is 13.0 Å². The zero-order chi connectivity index (χ0) is 20.0. The van der Waals surface area contributed by atoms with E-state index < -0.39 is 11.6 Å². The number of hydrogen-bond donors (Lipinski definition) is 0. The monoisotopic (exact) mass is 368 g/mol. The SMILES string of the molecule is CCOC(=O)CCn1cc(/C=C(\C#N)C(=O)OC(C)(C)C)c2ccccc21. The van der Waals surface area contributed by atoms with E-state index in [0.717, 1.165) is 16.5 Å². The van der Waals surface area contributed by atoms with Crippen molar-refractivity contribution >= 4 is 28.9 Å². The summed E-state index contributed by atoms with van der Waals surface area (Å²) >= 11 is 0. The summed E-state index contributed by atoms with van der Waals surface area (Å²) in [5.41, 5.74) is 0.880. The smallest absolute Gasteiger partial charge is 0.349 e. The van der Waals surface area contributed by atoms with Crippen molar-refractivity contribution in [2.75, 3.05) is 6.61 Å². The second-order valence-corrected chi connectivity index (χ2v) is 7.02. The molecular formula is C21H24N2O4. The molecule has 0 bridgehead atoms. The summed E-state index contributed by atoms with van der Waals surface area (Å²) in [5.74, 6) is -0.924. The first-order valence-electron chi connectivity index (χ1n) is 8.83. The van der Waals surface area contributed by atoms with Gasteiger partial charge in [0.25, 0.3) is 0 Å². The Morgan fingerprint density at radius 3 is 2.59 bits per heavy atom. The van der Waals surface area contributed by atoms with Crippen LogP contribution in [0, 0.1) is 11.3 Å². The molecule has 2 rings (SSSR count). The molecule has 0 atom stereocenters. The average Bonchev–Trinajstić information content (AvgIpc) is 2.94. The summed E-state index contributed by atoms with van der Waals surface area (Å²) in [6, 6.07) is 9.54. The molecular weight excluding hydrogens is 344 g/mol. The van der Waals surface area contributed by atoms with E-state index in [1.54, 1.807) is 27.7 Å². The molecule has 0 radical (unpaired) electrons. The van der Waals surface area contributed by atoms with Crippen LogP contribution in [-0.2, 0) is 25.6 Å². The van der Waals surface area contributed by atoms with Gasteiger partial charge in [-0.3, -0.25) is 4.79 Å². The van der Waals surface area contributed by atoms with E-state index in [4.69, 9.17) is 9.47 Å². The third-order valence-electron chi connectivity index (χ3n) is 3.72. The van der Waals surface area contributed by atoms with Crippen LogP contribution in [0.4, 0.5) is 0 Å². The molecule has 0 saturated heterocycles. The van der Waals surface area contributed by atoms with Crippen molar-refractivity contribution < 1.29 is 19.1 Å². The molecule has 0 amide bonds. The number of benzene rings is 1. The van der Waals surface area contributed by atoms with Crippen LogP contribution in [0.3, 0.4) is 0 Å². The summed E-state index contributed by atoms with van der Waals surface area (Å²) in [7, 11) is 0. The lowest BCUT2D eigenvalue weighted by molar-refractivity contribution is -0.149. The van der Waals surface area contributed by atoms with E-state index in [9.17, 15) is 14.9 Å². The topological polar surface area (TPSA) is 81.3 Å². The number of hydrogen-bond acceptors (Lipinski definition) is 5. The first-order valence-corrected chi connectivity index (χ1v) is 8.83. The second-order valence-electron chi connectivity index (χ2n) is 7.02. The Morgan fingerprint density at radius 1 is 1.26 bits per heavy atom. The minimum absolute atomic E-state index is 0.0711. The number of aryl methyl sites for hydroxylation is 1. The van der Waals surface area contributed by atoms with Crippen LogP contribution >= 0.6 is 0 Å². The highest BCUT2D eigenvalue weighted by molar-refractivity contribution is 6.01. The fourth-order valence-corrected chi connectivity index (χ4v) is 2.65. The molecule has 1 heterocycles. The zero-order valence-corrected chi connectivity index (χ0v) is 16.1. The molecule has 1 aromatic carbocycles. The van der Waals surface area contributed by atoms with Gasteiger partial charge in [-0.05, 0) is 39.8 Å². The van der Waals surface area contributed by atoms with Crippen molar-refractivity contribution in [3.63, 3.8) is 0 Å². The molecule has 0 N–H and O–H groups in total. The van der Waals surface area contributed by atoms with E-state index in [1.807, 2.05) is 41.1 Å². The third-order valence-corrected chi connectivity index (χ3v) is 3.72. The van der Waals surface area contributed by atoms with Gasteiger partial charge in [0.15, 0.2) is 0 Å². The van der Waals surface area contributed by atoms with Gasteiger partial charge in [-0.15, -0.1) is 0 Å². The Labute approximate surface area is 159 Å². The van der Waals surface area contributed by atoms with Gasteiger partial charge in [0.2, 0.25) is 0 Å². The fourth-order valence-electron chi connectivity index (χ4n) is 2.65. The first kappa shape index (κ1) is 20.2. The van der Waals surface area contributed by atoms with Gasteiger partial charge in [-0.1, -0.05) is 18.2 Å². The molecule has 142 valence electrons. The minimum atomic E-state index is -0.680. The maximum absolute atomic E-state index is 12.2. The van der Waals surface area contributed by atoms with Gasteiger partial charge < -0.3 is 14.0 Å². The summed E-state index contributed by atoms with van der Waals surface area (Å²) in [6.45, 7) is 7.82. The molecule has 0 unspecified atom stereocenters. The summed E-state index contributed by atoms with van der Waals surface area (Å²) in [6.07, 6.45) is 3.59. The van der Waals surface area contributed by atoms with Crippen LogP contribution in [0.15, 0.2) is 36.0 Å². The third kappa shape index (κ3) is 5.45. The highest BCUT2D eigenvalue weighted by Gasteiger charge is 2.20. The Kier molecular flexibility index (Phi) is 6.40. The van der Waals surface area contributed by atoms with Gasteiger partial charge >= 0.3 is 11.9 Å². The lowest BCUT2D eigenvalue weighted by Crippen LogP contribution is -2.24. The van der Waals surface area contributed by atoms with E-state index in [0.29, 0.717) is 13.2 Å². The van der Waals surface area contributed by atoms with Gasteiger partial charge in [-0.25, -0.2) is 4.79 Å². The highest BCUT2D eigenvalue weighted by atomic mass is 16.6. The largest absolute Gasteiger partial charge is 0.466 e. The molecule has 6 heteroatoms. The van der Waals surface area contributed by atoms with Gasteiger partial charge in [0.1, 0.15) is 17.2 Å². The molecule has 0 aliphatic heterocycles. The van der Waals surface area contributed by atoms with Crippen molar-refractivity contribution in [1.82, 2.24) is 4.57 Å². The average molecular weight is 368 g/mol. The van der Waals surface area contributed by atoms with Crippen molar-refractivity contribution in [3.8, 4) is 6.07 Å². The van der Waals surface area contributed by atoms with E-state index in [-0.39, 0.29) is 18.0 Å². The molecule has 1 aromatic heterocycles. The van der Waals surface area contributed by atoms with Crippen LogP contribution in [0.1, 0.15) is 39.7 Å². The maximum atomic E-state index is 12.2. The van der Waals surface area contributed by atoms with Crippen LogP contribution < -0.4 is 0 Å². The molecule has 0 saturated carbocycles. The van der Waals surface area contributed by atoms with Gasteiger partial charge in [0, 0.05) is 29.2 Å². The van der Waals surface area contributed by atoms with Crippen molar-refractivity contribution in [3.05, 3.63) is 41.6 Å². The molecule has 27 heavy (non-hydrogen) atoms. The number of ether oxygens (including phenoxy) is 2. The number of esters is 2. The van der Waals surface area contributed by atoms with E-state index in [2.05, 4.69) is 0 Å². The Bertz CT molecular complexity index is 910. The summed E-state index contributed by atoms with van der Waals surface area (Å²) in [5, 5.41) is 10.3. The lowest BCUT2D eigenvalue weighted by Gasteiger charge is -2.18. The number of carbonyl (C=O) groups is 2. The second kappa shape index (κ2) is 8.54. The van der Waals surface area contributed by atoms with Crippen LogP contribution in [0.2, 0.25) is 0 Å². The van der Waals surface area contributed by atoms with Crippen molar-refractivity contribution in [2.24, 2.45) is 0 Å². The maximum Gasteiger partial charge on any atom is 0.349 e. The first-order chi connectivity index (χ1) is 12.7. The van der Waals surface area contributed by atoms with E-state index >= 15 is 0 Å². The lowest BCUT2D eigenvalue weighted by atomic mass is 10.1. The van der Waals surface area contributed by atoms with Crippen molar-refractivity contribution in [1.29, 1.82) is 5.26 Å². The number of fused-ring (bicyclic) bond motifs is 1. The number of nitriles is 1. The number of rotatable bonds is 6. The molecule has 2 aromatic rings. The molecule has 0 spiro atoms. The number of para-hydroxylation sites is 1. The van der Waals surface area contributed by atoms with Crippen LogP contribution in [0.25, 0.3) is 17.0 Å². The Morgan fingerprint density at radius 2 is 1.96 bits per heavy atom. The van der Waals surface area contributed by atoms with E-state index in [1.165, 1.54) is 6.08 Å². The zero-order valence-electron chi connectivity index (χ0n) is 16.1. The number of aromatic nitrogens is 1. The fraction of sp³-hybridized carbons (Fsp3) is 0.381. The Hall–Kier alpha value is -3.07. The highest BCUT2D eigenvalue weighted by Crippen LogP contribution is 2.24. The summed E-state index contributed by atoms with van der Waals surface area (Å²) in [4.78, 5) is 23.9. The normalized spacial score (nSPS) is 11.9. The predicted octanol–water partition coefficient (Wildman–Crippen LogP) is 3.84. The van der Waals surface area contributed by atoms with Gasteiger partial charge in [-0.2, -0.15) is 5.26 Å². The predicted molar refractivity (Wildman–Crippen MR) is 103 cm³/mol. The summed E-state index contributed by atoms with van der Waals surface area (Å²) < 4.78 is 12.2. The van der Waals surface area contributed by atoms with Crippen LogP contribution in [-0.4, -0.2) is 28.7 Å². The molecule has 0 aliphatic carbocycles. The molecule has 6 nitrogen and oxygen atoms in total. The standard InChI is InChI=1S/C21H24N2O4/c1-5-26-19(24)10-11-23-14-16(17-8-6-7-9-18(17)23)12-15(13-22)20(25)27-21(2,3)4/h6-9,12,14H,5,10-11H2,1-4H3/b15-12+. The quantitative estimate of drug-likeness (QED) is 0.439. The minimum Gasteiger partial charge on any atom is -0.466 e. The number of carbonyl (C=O) groups excluding carboxylic acids is 2. The molecule has 0 fully saturated rings. The van der Waals surface area contributed by atoms with Crippen LogP contribution in [0.5, 0.6) is 0 Å². The Balaban J connectivity index is 2.36.